The Morgan fingerprint density at radius 2 is 2.14 bits per heavy atom. The first-order valence-electron chi connectivity index (χ1n) is 6.69. The number of nitrogens with zero attached hydrogens (tertiary/aromatic N) is 4. The molecule has 0 atom stereocenters. The van der Waals surface area contributed by atoms with Crippen LogP contribution in [0, 0.1) is 6.92 Å². The number of aromatic nitrogens is 4. The van der Waals surface area contributed by atoms with Gasteiger partial charge in [-0.3, -0.25) is 0 Å². The normalized spacial score (nSPS) is 10.8. The summed E-state index contributed by atoms with van der Waals surface area (Å²) in [5.74, 6) is 2.95. The van der Waals surface area contributed by atoms with Gasteiger partial charge in [-0.05, 0) is 25.5 Å². The van der Waals surface area contributed by atoms with Gasteiger partial charge in [0.05, 0.1) is 12.8 Å². The van der Waals surface area contributed by atoms with Gasteiger partial charge in [0.25, 0.3) is 5.89 Å². The van der Waals surface area contributed by atoms with E-state index in [0.717, 1.165) is 23.8 Å². The monoisotopic (exact) mass is 285 g/mol. The number of hydrogen-bond acceptors (Lipinski definition) is 7. The number of rotatable bonds is 5. The molecule has 1 N–H and O–H groups in total. The summed E-state index contributed by atoms with van der Waals surface area (Å²) < 4.78 is 10.3. The van der Waals surface area contributed by atoms with Gasteiger partial charge in [-0.2, -0.15) is 4.98 Å². The van der Waals surface area contributed by atoms with Crippen LogP contribution in [0.15, 0.2) is 33.4 Å². The van der Waals surface area contributed by atoms with E-state index < -0.39 is 0 Å². The van der Waals surface area contributed by atoms with Crippen molar-refractivity contribution in [2.75, 3.05) is 5.32 Å². The summed E-state index contributed by atoms with van der Waals surface area (Å²) in [7, 11) is 0. The molecule has 7 heteroatoms. The molecule has 0 saturated heterocycles. The molecule has 0 bridgehead atoms. The topological polar surface area (TPSA) is 89.9 Å². The highest BCUT2D eigenvalue weighted by Gasteiger charge is 2.11. The van der Waals surface area contributed by atoms with Crippen molar-refractivity contribution in [3.8, 4) is 11.7 Å². The molecular weight excluding hydrogens is 270 g/mol. The highest BCUT2D eigenvalue weighted by Crippen LogP contribution is 2.17. The van der Waals surface area contributed by atoms with Crippen LogP contribution in [-0.2, 0) is 13.0 Å². The minimum absolute atomic E-state index is 0.366. The lowest BCUT2D eigenvalue weighted by Crippen LogP contribution is -2.05. The molecule has 0 unspecified atom stereocenters. The van der Waals surface area contributed by atoms with E-state index in [9.17, 15) is 0 Å². The minimum Gasteiger partial charge on any atom is -0.459 e. The first kappa shape index (κ1) is 13.3. The summed E-state index contributed by atoms with van der Waals surface area (Å²) in [6.07, 6.45) is 2.43. The van der Waals surface area contributed by atoms with Crippen LogP contribution in [0.5, 0.6) is 0 Å². The highest BCUT2D eigenvalue weighted by atomic mass is 16.5. The molecule has 3 aromatic heterocycles. The molecule has 0 fully saturated rings. The van der Waals surface area contributed by atoms with Crippen molar-refractivity contribution in [1.29, 1.82) is 0 Å². The van der Waals surface area contributed by atoms with Gasteiger partial charge in [-0.15, -0.1) is 0 Å². The molecule has 0 aliphatic heterocycles. The van der Waals surface area contributed by atoms with Crippen molar-refractivity contribution in [2.45, 2.75) is 26.8 Å². The van der Waals surface area contributed by atoms with Crippen molar-refractivity contribution < 1.29 is 8.94 Å². The molecule has 0 saturated carbocycles. The summed E-state index contributed by atoms with van der Waals surface area (Å²) in [4.78, 5) is 12.9. The zero-order valence-corrected chi connectivity index (χ0v) is 11.8. The average Bonchev–Trinajstić information content (AvgIpc) is 3.15. The van der Waals surface area contributed by atoms with Gasteiger partial charge < -0.3 is 14.3 Å². The smallest absolute Gasteiger partial charge is 0.293 e. The molecule has 3 aromatic rings. The standard InChI is InChI=1S/C14H15N5O2/c1-3-10-7-12(17-9(2)16-10)15-8-13-18-14(21-19-13)11-5-4-6-20-11/h4-7H,3,8H2,1-2H3,(H,15,16,17). The fourth-order valence-electron chi connectivity index (χ4n) is 1.90. The van der Waals surface area contributed by atoms with Crippen LogP contribution in [0.25, 0.3) is 11.7 Å². The number of hydrogen-bond donors (Lipinski definition) is 1. The van der Waals surface area contributed by atoms with Crippen LogP contribution in [0.1, 0.15) is 24.3 Å². The second-order valence-electron chi connectivity index (χ2n) is 4.49. The van der Waals surface area contributed by atoms with Gasteiger partial charge in [0.2, 0.25) is 0 Å². The maximum atomic E-state index is 5.20. The summed E-state index contributed by atoms with van der Waals surface area (Å²) in [5, 5.41) is 7.07. The molecule has 7 nitrogen and oxygen atoms in total. The lowest BCUT2D eigenvalue weighted by molar-refractivity contribution is 0.410. The zero-order chi connectivity index (χ0) is 14.7. The summed E-state index contributed by atoms with van der Waals surface area (Å²) in [5.41, 5.74) is 0.995. The van der Waals surface area contributed by atoms with Gasteiger partial charge in [-0.1, -0.05) is 12.1 Å². The van der Waals surface area contributed by atoms with Crippen molar-refractivity contribution in [1.82, 2.24) is 20.1 Å². The Morgan fingerprint density at radius 3 is 2.90 bits per heavy atom. The van der Waals surface area contributed by atoms with E-state index in [-0.39, 0.29) is 0 Å². The zero-order valence-electron chi connectivity index (χ0n) is 11.8. The van der Waals surface area contributed by atoms with E-state index in [4.69, 9.17) is 8.94 Å². The number of nitrogens with one attached hydrogen (secondary N) is 1. The fourth-order valence-corrected chi connectivity index (χ4v) is 1.90. The Hall–Kier alpha value is -2.70. The second kappa shape index (κ2) is 5.74. The lowest BCUT2D eigenvalue weighted by Gasteiger charge is -2.05. The van der Waals surface area contributed by atoms with Crippen molar-refractivity contribution >= 4 is 5.82 Å². The minimum atomic E-state index is 0.366. The maximum Gasteiger partial charge on any atom is 0.293 e. The average molecular weight is 285 g/mol. The number of anilines is 1. The molecule has 0 aliphatic rings. The molecule has 0 radical (unpaired) electrons. The van der Waals surface area contributed by atoms with E-state index in [1.807, 2.05) is 13.0 Å². The van der Waals surface area contributed by atoms with Crippen LogP contribution >= 0.6 is 0 Å². The first-order valence-corrected chi connectivity index (χ1v) is 6.69. The van der Waals surface area contributed by atoms with E-state index in [2.05, 4.69) is 32.3 Å². The van der Waals surface area contributed by atoms with E-state index in [0.29, 0.717) is 24.0 Å². The van der Waals surface area contributed by atoms with E-state index >= 15 is 0 Å². The third kappa shape index (κ3) is 3.07. The number of aryl methyl sites for hydroxylation is 2. The van der Waals surface area contributed by atoms with Gasteiger partial charge >= 0.3 is 0 Å². The first-order chi connectivity index (χ1) is 10.2. The van der Waals surface area contributed by atoms with Gasteiger partial charge in [-0.25, -0.2) is 9.97 Å². The second-order valence-corrected chi connectivity index (χ2v) is 4.49. The van der Waals surface area contributed by atoms with Crippen LogP contribution in [0.4, 0.5) is 5.82 Å². The van der Waals surface area contributed by atoms with Crippen LogP contribution in [-0.4, -0.2) is 20.1 Å². The Bertz CT molecular complexity index is 721. The highest BCUT2D eigenvalue weighted by molar-refractivity contribution is 5.43. The van der Waals surface area contributed by atoms with Crippen LogP contribution in [0.2, 0.25) is 0 Å². The quantitative estimate of drug-likeness (QED) is 0.770. The molecule has 3 rings (SSSR count). The van der Waals surface area contributed by atoms with Crippen LogP contribution in [0.3, 0.4) is 0 Å². The Labute approximate surface area is 121 Å². The molecule has 108 valence electrons. The predicted octanol–water partition coefficient (Wildman–Crippen LogP) is 2.60. The summed E-state index contributed by atoms with van der Waals surface area (Å²) in [6, 6.07) is 5.46. The summed E-state index contributed by atoms with van der Waals surface area (Å²) >= 11 is 0. The Morgan fingerprint density at radius 1 is 1.24 bits per heavy atom. The van der Waals surface area contributed by atoms with Crippen molar-refractivity contribution in [3.05, 3.63) is 41.8 Å². The van der Waals surface area contributed by atoms with Crippen LogP contribution < -0.4 is 5.32 Å². The van der Waals surface area contributed by atoms with E-state index in [1.54, 1.807) is 18.4 Å². The largest absolute Gasteiger partial charge is 0.459 e. The van der Waals surface area contributed by atoms with Crippen molar-refractivity contribution in [3.63, 3.8) is 0 Å². The molecule has 3 heterocycles. The summed E-state index contributed by atoms with van der Waals surface area (Å²) in [6.45, 7) is 4.35. The van der Waals surface area contributed by atoms with Crippen molar-refractivity contribution in [2.24, 2.45) is 0 Å². The third-order valence-corrected chi connectivity index (χ3v) is 2.88. The molecular formula is C14H15N5O2. The Balaban J connectivity index is 1.69. The van der Waals surface area contributed by atoms with E-state index in [1.165, 1.54) is 0 Å². The lowest BCUT2D eigenvalue weighted by atomic mass is 10.3. The number of furan rings is 1. The van der Waals surface area contributed by atoms with Gasteiger partial charge in [0.15, 0.2) is 11.6 Å². The molecule has 0 aliphatic carbocycles. The molecule has 0 amide bonds. The van der Waals surface area contributed by atoms with Gasteiger partial charge in [0.1, 0.15) is 11.6 Å². The third-order valence-electron chi connectivity index (χ3n) is 2.88. The molecule has 21 heavy (non-hydrogen) atoms. The van der Waals surface area contributed by atoms with Gasteiger partial charge in [0, 0.05) is 11.8 Å². The molecule has 0 aromatic carbocycles. The predicted molar refractivity (Wildman–Crippen MR) is 75.5 cm³/mol. The SMILES string of the molecule is CCc1cc(NCc2noc(-c3ccco3)n2)nc(C)n1. The maximum absolute atomic E-state index is 5.20. The Kier molecular flexibility index (Phi) is 3.63. The fraction of sp³-hybridized carbons (Fsp3) is 0.286. The molecule has 0 spiro atoms.